The van der Waals surface area contributed by atoms with Crippen molar-refractivity contribution in [2.24, 2.45) is 0 Å². The van der Waals surface area contributed by atoms with Gasteiger partial charge in [0.25, 0.3) is 0 Å². The molecule has 1 heterocycles. The van der Waals surface area contributed by atoms with Gasteiger partial charge >= 0.3 is 0 Å². The number of aliphatic hydroxyl groups excluding tert-OH is 1. The van der Waals surface area contributed by atoms with Crippen LogP contribution in [0, 0.1) is 0 Å². The first-order valence-corrected chi connectivity index (χ1v) is 9.93. The second kappa shape index (κ2) is 9.56. The molecular formula is C21H33NO3. The van der Waals surface area contributed by atoms with Crippen LogP contribution in [0.3, 0.4) is 0 Å². The fourth-order valence-electron chi connectivity index (χ4n) is 4.24. The van der Waals surface area contributed by atoms with E-state index in [1.165, 1.54) is 37.7 Å². The van der Waals surface area contributed by atoms with Crippen molar-refractivity contribution < 1.29 is 14.6 Å². The van der Waals surface area contributed by atoms with E-state index in [1.807, 2.05) is 12.1 Å². The quantitative estimate of drug-likeness (QED) is 0.606. The van der Waals surface area contributed by atoms with Crippen molar-refractivity contribution in [2.45, 2.75) is 69.6 Å². The molecule has 0 aromatic heterocycles. The van der Waals surface area contributed by atoms with Crippen LogP contribution in [0.5, 0.6) is 5.75 Å². The standard InChI is InChI=1S/C21H33NO3/c1-24-19-11-9-17(10-12-19)6-5-15-25-21-8-4-2-3-7-20(21)22-14-13-18(23)16-22/h9-12,18,20-21,23H,2-8,13-16H2,1H3/t18-,20-,21?/m1/s1. The Bertz CT molecular complexity index is 504. The smallest absolute Gasteiger partial charge is 0.118 e. The molecule has 25 heavy (non-hydrogen) atoms. The molecule has 1 aliphatic heterocycles. The van der Waals surface area contributed by atoms with Crippen LogP contribution in [0.15, 0.2) is 24.3 Å². The number of β-amino-alcohol motifs (C(OH)–C–C–N with tert-alkyl or cyclic N) is 1. The van der Waals surface area contributed by atoms with Crippen molar-refractivity contribution in [1.82, 2.24) is 4.90 Å². The zero-order chi connectivity index (χ0) is 17.5. The first-order valence-electron chi connectivity index (χ1n) is 9.93. The van der Waals surface area contributed by atoms with Gasteiger partial charge in [-0.05, 0) is 49.8 Å². The van der Waals surface area contributed by atoms with Crippen LogP contribution in [-0.4, -0.2) is 55.1 Å². The molecule has 1 N–H and O–H groups in total. The van der Waals surface area contributed by atoms with E-state index < -0.39 is 0 Å². The molecule has 0 amide bonds. The lowest BCUT2D eigenvalue weighted by Gasteiger charge is -2.33. The topological polar surface area (TPSA) is 41.9 Å². The molecule has 3 rings (SSSR count). The van der Waals surface area contributed by atoms with Crippen molar-refractivity contribution >= 4 is 0 Å². The maximum absolute atomic E-state index is 9.87. The Balaban J connectivity index is 1.45. The highest BCUT2D eigenvalue weighted by atomic mass is 16.5. The number of likely N-dealkylation sites (tertiary alicyclic amines) is 1. The van der Waals surface area contributed by atoms with E-state index in [0.717, 1.165) is 44.7 Å². The molecule has 2 fully saturated rings. The van der Waals surface area contributed by atoms with E-state index in [0.29, 0.717) is 12.1 Å². The number of methoxy groups -OCH3 is 1. The minimum Gasteiger partial charge on any atom is -0.497 e. The van der Waals surface area contributed by atoms with Crippen LogP contribution in [0.1, 0.15) is 50.5 Å². The molecular weight excluding hydrogens is 314 g/mol. The van der Waals surface area contributed by atoms with E-state index >= 15 is 0 Å². The molecule has 2 aliphatic rings. The third-order valence-electron chi connectivity index (χ3n) is 5.68. The lowest BCUT2D eigenvalue weighted by molar-refractivity contribution is -0.0158. The van der Waals surface area contributed by atoms with E-state index in [4.69, 9.17) is 9.47 Å². The maximum Gasteiger partial charge on any atom is 0.118 e. The lowest BCUT2D eigenvalue weighted by atomic mass is 10.0. The second-order valence-electron chi connectivity index (χ2n) is 7.50. The van der Waals surface area contributed by atoms with Crippen LogP contribution in [0.25, 0.3) is 0 Å². The Morgan fingerprint density at radius 1 is 1.08 bits per heavy atom. The average molecular weight is 347 g/mol. The van der Waals surface area contributed by atoms with Crippen LogP contribution in [0.2, 0.25) is 0 Å². The Morgan fingerprint density at radius 3 is 2.60 bits per heavy atom. The first-order chi connectivity index (χ1) is 12.3. The molecule has 1 saturated carbocycles. The number of aryl methyl sites for hydroxylation is 1. The predicted molar refractivity (Wildman–Crippen MR) is 100 cm³/mol. The van der Waals surface area contributed by atoms with Gasteiger partial charge in [0.1, 0.15) is 5.75 Å². The molecule has 1 saturated heterocycles. The number of nitrogens with zero attached hydrogens (tertiary/aromatic N) is 1. The first kappa shape index (κ1) is 18.7. The van der Waals surface area contributed by atoms with E-state index in [1.54, 1.807) is 7.11 Å². The van der Waals surface area contributed by atoms with E-state index in [2.05, 4.69) is 17.0 Å². The molecule has 1 aromatic carbocycles. The van der Waals surface area contributed by atoms with Gasteiger partial charge in [0.2, 0.25) is 0 Å². The summed E-state index contributed by atoms with van der Waals surface area (Å²) < 4.78 is 11.5. The van der Waals surface area contributed by atoms with Crippen molar-refractivity contribution in [3.05, 3.63) is 29.8 Å². The lowest BCUT2D eigenvalue weighted by Crippen LogP contribution is -2.43. The van der Waals surface area contributed by atoms with Crippen LogP contribution >= 0.6 is 0 Å². The summed E-state index contributed by atoms with van der Waals surface area (Å²) in [7, 11) is 1.70. The van der Waals surface area contributed by atoms with Gasteiger partial charge in [0, 0.05) is 25.7 Å². The summed E-state index contributed by atoms with van der Waals surface area (Å²) in [6.45, 7) is 2.68. The van der Waals surface area contributed by atoms with E-state index in [-0.39, 0.29) is 6.10 Å². The van der Waals surface area contributed by atoms with Crippen LogP contribution < -0.4 is 4.74 Å². The van der Waals surface area contributed by atoms with Gasteiger partial charge in [0.05, 0.1) is 19.3 Å². The van der Waals surface area contributed by atoms with Gasteiger partial charge in [-0.1, -0.05) is 31.4 Å². The summed E-state index contributed by atoms with van der Waals surface area (Å²) in [6.07, 6.45) is 9.48. The highest BCUT2D eigenvalue weighted by Gasteiger charge is 2.33. The van der Waals surface area contributed by atoms with Crippen molar-refractivity contribution in [2.75, 3.05) is 26.8 Å². The summed E-state index contributed by atoms with van der Waals surface area (Å²) in [5.74, 6) is 0.911. The van der Waals surface area contributed by atoms with Crippen LogP contribution in [-0.2, 0) is 11.2 Å². The molecule has 4 nitrogen and oxygen atoms in total. The summed E-state index contributed by atoms with van der Waals surface area (Å²) in [5.41, 5.74) is 1.34. The van der Waals surface area contributed by atoms with Gasteiger partial charge in [-0.15, -0.1) is 0 Å². The number of ether oxygens (including phenoxy) is 2. The van der Waals surface area contributed by atoms with E-state index in [9.17, 15) is 5.11 Å². The Labute approximate surface area is 152 Å². The maximum atomic E-state index is 9.87. The number of aliphatic hydroxyl groups is 1. The Hall–Kier alpha value is -1.10. The largest absolute Gasteiger partial charge is 0.497 e. The predicted octanol–water partition coefficient (Wildman–Crippen LogP) is 3.41. The highest BCUT2D eigenvalue weighted by molar-refractivity contribution is 5.27. The minimum absolute atomic E-state index is 0.140. The highest BCUT2D eigenvalue weighted by Crippen LogP contribution is 2.27. The molecule has 4 heteroatoms. The molecule has 1 aromatic rings. The minimum atomic E-state index is -0.140. The van der Waals surface area contributed by atoms with Crippen LogP contribution in [0.4, 0.5) is 0 Å². The molecule has 1 unspecified atom stereocenters. The number of benzene rings is 1. The molecule has 140 valence electrons. The van der Waals surface area contributed by atoms with Crippen molar-refractivity contribution in [3.8, 4) is 5.75 Å². The number of hydrogen-bond acceptors (Lipinski definition) is 4. The number of rotatable bonds is 7. The summed E-state index contributed by atoms with van der Waals surface area (Å²) in [4.78, 5) is 2.48. The third-order valence-corrected chi connectivity index (χ3v) is 5.68. The fourth-order valence-corrected chi connectivity index (χ4v) is 4.24. The molecule has 1 aliphatic carbocycles. The molecule has 0 bridgehead atoms. The summed E-state index contributed by atoms with van der Waals surface area (Å²) in [6, 6.07) is 8.82. The summed E-state index contributed by atoms with van der Waals surface area (Å²) >= 11 is 0. The second-order valence-corrected chi connectivity index (χ2v) is 7.50. The Morgan fingerprint density at radius 2 is 1.88 bits per heavy atom. The molecule has 0 spiro atoms. The zero-order valence-electron chi connectivity index (χ0n) is 15.5. The van der Waals surface area contributed by atoms with Gasteiger partial charge in [-0.3, -0.25) is 4.90 Å². The van der Waals surface area contributed by atoms with Crippen molar-refractivity contribution in [1.29, 1.82) is 0 Å². The SMILES string of the molecule is COc1ccc(CCCOC2CCCCC[C@H]2N2CC[C@@H](O)C2)cc1. The fraction of sp³-hybridized carbons (Fsp3) is 0.714. The average Bonchev–Trinajstić information content (AvgIpc) is 2.93. The van der Waals surface area contributed by atoms with Gasteiger partial charge < -0.3 is 14.6 Å². The number of hydrogen-bond donors (Lipinski definition) is 1. The normalized spacial score (nSPS) is 28.0. The van der Waals surface area contributed by atoms with Gasteiger partial charge in [0.15, 0.2) is 0 Å². The van der Waals surface area contributed by atoms with Gasteiger partial charge in [-0.2, -0.15) is 0 Å². The molecule has 3 atom stereocenters. The monoisotopic (exact) mass is 347 g/mol. The zero-order valence-corrected chi connectivity index (χ0v) is 15.5. The van der Waals surface area contributed by atoms with Gasteiger partial charge in [-0.25, -0.2) is 0 Å². The Kier molecular flexibility index (Phi) is 7.14. The van der Waals surface area contributed by atoms with Crippen molar-refractivity contribution in [3.63, 3.8) is 0 Å². The third kappa shape index (κ3) is 5.44. The molecule has 0 radical (unpaired) electrons. The summed E-state index contributed by atoms with van der Waals surface area (Å²) in [5, 5.41) is 9.87.